The van der Waals surface area contributed by atoms with Crippen LogP contribution in [0.25, 0.3) is 0 Å². The molecule has 0 aromatic rings. The minimum Gasteiger partial charge on any atom is -0.287 e. The highest BCUT2D eigenvalue weighted by Gasteiger charge is 2.10. The van der Waals surface area contributed by atoms with Crippen LogP contribution in [-0.2, 0) is 19.2 Å². The molecule has 0 bridgehead atoms. The maximum atomic E-state index is 11.7. The molecule has 0 aromatic heterocycles. The van der Waals surface area contributed by atoms with Crippen molar-refractivity contribution in [1.82, 2.24) is 0 Å². The molecular formula is C16H24O4S4. The standard InChI is InChI=1S/C16H24O4S4/c17-13-5-1-6-14(18)22-10-4-12-24-16(20)8-2-7-15(19)23-11-3-9-21-13/h1-12H2. The summed E-state index contributed by atoms with van der Waals surface area (Å²) in [7, 11) is 0. The molecule has 24 heavy (non-hydrogen) atoms. The Hall–Kier alpha value is 0.0800. The summed E-state index contributed by atoms with van der Waals surface area (Å²) in [5.41, 5.74) is 0. The van der Waals surface area contributed by atoms with Gasteiger partial charge in [-0.2, -0.15) is 0 Å². The third-order valence-corrected chi connectivity index (χ3v) is 7.23. The van der Waals surface area contributed by atoms with E-state index in [2.05, 4.69) is 0 Å². The molecule has 0 N–H and O–H groups in total. The normalized spacial score (nSPS) is 22.3. The fourth-order valence-corrected chi connectivity index (χ4v) is 5.49. The first kappa shape index (κ1) is 22.1. The fourth-order valence-electron chi connectivity index (χ4n) is 1.90. The Balaban J connectivity index is 2.34. The minimum atomic E-state index is 0.133. The number of thioether (sulfide) groups is 4. The summed E-state index contributed by atoms with van der Waals surface area (Å²) in [5, 5.41) is 0.531. The minimum absolute atomic E-state index is 0.133. The second-order valence-electron chi connectivity index (χ2n) is 5.30. The van der Waals surface area contributed by atoms with Crippen LogP contribution < -0.4 is 0 Å². The Kier molecular flexibility index (Phi) is 13.2. The van der Waals surface area contributed by atoms with Crippen LogP contribution in [0.15, 0.2) is 0 Å². The van der Waals surface area contributed by atoms with Gasteiger partial charge in [-0.25, -0.2) is 0 Å². The maximum absolute atomic E-state index is 11.7. The summed E-state index contributed by atoms with van der Waals surface area (Å²) in [5.74, 6) is 2.88. The Morgan fingerprint density at radius 2 is 0.667 bits per heavy atom. The number of hydrogen-bond donors (Lipinski definition) is 0. The van der Waals surface area contributed by atoms with Crippen LogP contribution in [0.5, 0.6) is 0 Å². The van der Waals surface area contributed by atoms with E-state index in [1.807, 2.05) is 0 Å². The maximum Gasteiger partial charge on any atom is 0.188 e. The van der Waals surface area contributed by atoms with Crippen molar-refractivity contribution in [3.63, 3.8) is 0 Å². The van der Waals surface area contributed by atoms with Crippen LogP contribution in [0.1, 0.15) is 51.4 Å². The molecule has 1 rings (SSSR count). The molecule has 1 saturated heterocycles. The fraction of sp³-hybridized carbons (Fsp3) is 0.750. The van der Waals surface area contributed by atoms with E-state index in [4.69, 9.17) is 0 Å². The zero-order valence-corrected chi connectivity index (χ0v) is 17.0. The van der Waals surface area contributed by atoms with Crippen molar-refractivity contribution in [3.8, 4) is 0 Å². The van der Waals surface area contributed by atoms with Crippen LogP contribution in [0, 0.1) is 0 Å². The molecule has 8 heteroatoms. The summed E-state index contributed by atoms with van der Waals surface area (Å²) in [6, 6.07) is 0. The first-order valence-electron chi connectivity index (χ1n) is 8.20. The highest BCUT2D eigenvalue weighted by Crippen LogP contribution is 2.18. The summed E-state index contributed by atoms with van der Waals surface area (Å²) >= 11 is 5.20. The Bertz CT molecular complexity index is 364. The average molecular weight is 409 g/mol. The summed E-state index contributed by atoms with van der Waals surface area (Å²) in [6.07, 6.45) is 4.60. The predicted octanol–water partition coefficient (Wildman–Crippen LogP) is 4.16. The van der Waals surface area contributed by atoms with Gasteiger partial charge in [-0.3, -0.25) is 19.2 Å². The lowest BCUT2D eigenvalue weighted by Gasteiger charge is -2.04. The molecule has 1 aliphatic heterocycles. The van der Waals surface area contributed by atoms with Gasteiger partial charge < -0.3 is 0 Å². The molecule has 1 fully saturated rings. The van der Waals surface area contributed by atoms with E-state index in [-0.39, 0.29) is 20.5 Å². The van der Waals surface area contributed by atoms with E-state index in [0.717, 1.165) is 35.9 Å². The molecule has 1 heterocycles. The molecule has 0 atom stereocenters. The average Bonchev–Trinajstić information content (AvgIpc) is 2.53. The van der Waals surface area contributed by atoms with Gasteiger partial charge in [0.05, 0.1) is 0 Å². The van der Waals surface area contributed by atoms with Crippen molar-refractivity contribution in [2.24, 2.45) is 0 Å². The van der Waals surface area contributed by atoms with E-state index in [0.29, 0.717) is 38.5 Å². The van der Waals surface area contributed by atoms with Crippen molar-refractivity contribution < 1.29 is 19.2 Å². The molecule has 0 aliphatic carbocycles. The first-order valence-corrected chi connectivity index (χ1v) is 12.1. The van der Waals surface area contributed by atoms with Gasteiger partial charge in [0.25, 0.3) is 0 Å². The van der Waals surface area contributed by atoms with Gasteiger partial charge >= 0.3 is 0 Å². The van der Waals surface area contributed by atoms with E-state index < -0.39 is 0 Å². The van der Waals surface area contributed by atoms with Crippen LogP contribution in [-0.4, -0.2) is 43.5 Å². The first-order chi connectivity index (χ1) is 11.6. The lowest BCUT2D eigenvalue weighted by molar-refractivity contribution is -0.113. The SMILES string of the molecule is O=C1CCCC(=O)SCCCSC(=O)CCCC(=O)SCCCS1. The molecule has 0 aromatic carbocycles. The van der Waals surface area contributed by atoms with Gasteiger partial charge in [0.2, 0.25) is 0 Å². The lowest BCUT2D eigenvalue weighted by atomic mass is 10.3. The smallest absolute Gasteiger partial charge is 0.188 e. The zero-order valence-electron chi connectivity index (χ0n) is 13.8. The summed E-state index contributed by atoms with van der Waals surface area (Å²) in [6.45, 7) is 0. The highest BCUT2D eigenvalue weighted by atomic mass is 32.2. The third kappa shape index (κ3) is 12.4. The second-order valence-corrected chi connectivity index (χ2v) is 9.91. The van der Waals surface area contributed by atoms with Gasteiger partial charge in [-0.1, -0.05) is 47.0 Å². The van der Waals surface area contributed by atoms with Gasteiger partial charge in [0.15, 0.2) is 20.5 Å². The van der Waals surface area contributed by atoms with E-state index in [1.165, 1.54) is 47.0 Å². The summed E-state index contributed by atoms with van der Waals surface area (Å²) in [4.78, 5) is 46.8. The topological polar surface area (TPSA) is 68.3 Å². The van der Waals surface area contributed by atoms with Crippen LogP contribution >= 0.6 is 47.0 Å². The van der Waals surface area contributed by atoms with Crippen molar-refractivity contribution in [3.05, 3.63) is 0 Å². The number of carbonyl (C=O) groups is 4. The highest BCUT2D eigenvalue weighted by molar-refractivity contribution is 8.14. The second kappa shape index (κ2) is 14.3. The molecule has 0 radical (unpaired) electrons. The third-order valence-electron chi connectivity index (χ3n) is 3.15. The monoisotopic (exact) mass is 408 g/mol. The van der Waals surface area contributed by atoms with Gasteiger partial charge in [-0.15, -0.1) is 0 Å². The van der Waals surface area contributed by atoms with Gasteiger partial charge in [0, 0.05) is 48.7 Å². The molecule has 0 unspecified atom stereocenters. The van der Waals surface area contributed by atoms with Gasteiger partial charge in [-0.05, 0) is 25.7 Å². The van der Waals surface area contributed by atoms with E-state index >= 15 is 0 Å². The number of rotatable bonds is 0. The molecule has 4 nitrogen and oxygen atoms in total. The van der Waals surface area contributed by atoms with Gasteiger partial charge in [0.1, 0.15) is 0 Å². The molecule has 136 valence electrons. The number of carbonyl (C=O) groups excluding carboxylic acids is 4. The van der Waals surface area contributed by atoms with Crippen LogP contribution in [0.3, 0.4) is 0 Å². The van der Waals surface area contributed by atoms with Crippen molar-refractivity contribution in [1.29, 1.82) is 0 Å². The zero-order chi connectivity index (χ0) is 17.6. The quantitative estimate of drug-likeness (QED) is 0.592. The lowest BCUT2D eigenvalue weighted by Crippen LogP contribution is -2.01. The molecule has 0 spiro atoms. The molecule has 0 amide bonds. The van der Waals surface area contributed by atoms with E-state index in [1.54, 1.807) is 0 Å². The Morgan fingerprint density at radius 3 is 0.917 bits per heavy atom. The largest absolute Gasteiger partial charge is 0.287 e. The number of hydrogen-bond acceptors (Lipinski definition) is 8. The van der Waals surface area contributed by atoms with Crippen molar-refractivity contribution >= 4 is 67.5 Å². The Morgan fingerprint density at radius 1 is 0.417 bits per heavy atom. The molecule has 0 saturated carbocycles. The van der Waals surface area contributed by atoms with Crippen LogP contribution in [0.2, 0.25) is 0 Å². The predicted molar refractivity (Wildman–Crippen MR) is 107 cm³/mol. The van der Waals surface area contributed by atoms with Crippen molar-refractivity contribution in [2.75, 3.05) is 23.0 Å². The van der Waals surface area contributed by atoms with Crippen LogP contribution in [0.4, 0.5) is 0 Å². The molecule has 1 aliphatic rings. The summed E-state index contributed by atoms with van der Waals surface area (Å²) < 4.78 is 0. The Labute approximate surface area is 160 Å². The van der Waals surface area contributed by atoms with E-state index in [9.17, 15) is 19.2 Å². The van der Waals surface area contributed by atoms with Crippen molar-refractivity contribution in [2.45, 2.75) is 51.4 Å². The molecular weight excluding hydrogens is 384 g/mol.